The van der Waals surface area contributed by atoms with Crippen LogP contribution in [0.3, 0.4) is 0 Å². The van der Waals surface area contributed by atoms with E-state index in [1.54, 1.807) is 18.6 Å². The van der Waals surface area contributed by atoms with Crippen molar-refractivity contribution in [3.63, 3.8) is 0 Å². The van der Waals surface area contributed by atoms with Crippen LogP contribution in [0.5, 0.6) is 17.5 Å². The summed E-state index contributed by atoms with van der Waals surface area (Å²) < 4.78 is 11.4. The molecule has 0 bridgehead atoms. The van der Waals surface area contributed by atoms with Gasteiger partial charge in [-0.25, -0.2) is 9.97 Å². The van der Waals surface area contributed by atoms with Crippen LogP contribution in [0.25, 0.3) is 22.7 Å². The molecule has 4 aromatic rings. The zero-order chi connectivity index (χ0) is 18.3. The number of phenols is 1. The van der Waals surface area contributed by atoms with E-state index in [0.29, 0.717) is 22.9 Å². The Bertz CT molecular complexity index is 1100. The molecule has 0 fully saturated rings. The molecule has 0 atom stereocenters. The number of ether oxygens (including phenoxy) is 1. The molecule has 4 rings (SSSR count). The van der Waals surface area contributed by atoms with Gasteiger partial charge in [0.05, 0.1) is 12.4 Å². The molecule has 0 aliphatic rings. The molecule has 3 aromatic heterocycles. The van der Waals surface area contributed by atoms with Gasteiger partial charge in [0.1, 0.15) is 17.0 Å². The highest BCUT2D eigenvalue weighted by Crippen LogP contribution is 2.30. The number of hydrogen-bond acceptors (Lipinski definition) is 7. The van der Waals surface area contributed by atoms with Crippen molar-refractivity contribution in [2.45, 2.75) is 20.8 Å². The molecule has 1 aromatic carbocycles. The third kappa shape index (κ3) is 2.95. The number of pyridine rings is 1. The van der Waals surface area contributed by atoms with E-state index in [1.807, 2.05) is 39.0 Å². The highest BCUT2D eigenvalue weighted by Gasteiger charge is 2.14. The number of aryl methyl sites for hydroxylation is 3. The van der Waals surface area contributed by atoms with E-state index in [-0.39, 0.29) is 11.8 Å². The molecule has 0 saturated heterocycles. The maximum absolute atomic E-state index is 9.92. The quantitative estimate of drug-likeness (QED) is 0.595. The Morgan fingerprint density at radius 2 is 1.73 bits per heavy atom. The molecule has 0 spiro atoms. The fourth-order valence-electron chi connectivity index (χ4n) is 2.66. The highest BCUT2D eigenvalue weighted by molar-refractivity contribution is 5.72. The molecule has 0 aliphatic carbocycles. The lowest BCUT2D eigenvalue weighted by Gasteiger charge is -2.04. The van der Waals surface area contributed by atoms with Crippen molar-refractivity contribution in [3.05, 3.63) is 53.5 Å². The summed E-state index contributed by atoms with van der Waals surface area (Å²) in [6.45, 7) is 5.58. The molecule has 0 unspecified atom stereocenters. The van der Waals surface area contributed by atoms with Crippen LogP contribution >= 0.6 is 0 Å². The van der Waals surface area contributed by atoms with Gasteiger partial charge >= 0.3 is 6.01 Å². The van der Waals surface area contributed by atoms with Gasteiger partial charge in [0.2, 0.25) is 5.89 Å². The van der Waals surface area contributed by atoms with Gasteiger partial charge in [-0.2, -0.15) is 4.98 Å². The maximum atomic E-state index is 9.92. The lowest BCUT2D eigenvalue weighted by molar-refractivity contribution is 0.438. The van der Waals surface area contributed by atoms with Crippen LogP contribution in [0.15, 0.2) is 41.2 Å². The van der Waals surface area contributed by atoms with Gasteiger partial charge in [-0.1, -0.05) is 0 Å². The fraction of sp³-hybridized carbons (Fsp3) is 0.158. The van der Waals surface area contributed by atoms with Crippen LogP contribution in [0.2, 0.25) is 0 Å². The number of benzene rings is 1. The predicted octanol–water partition coefficient (Wildman–Crippen LogP) is 4.10. The second-order valence-corrected chi connectivity index (χ2v) is 6.12. The van der Waals surface area contributed by atoms with Gasteiger partial charge < -0.3 is 14.3 Å². The zero-order valence-electron chi connectivity index (χ0n) is 14.5. The SMILES string of the molecule is Cc1cncc(Oc2ncc3nc(-c4cc(C)c(O)c(C)c4)oc3n2)c1. The summed E-state index contributed by atoms with van der Waals surface area (Å²) in [7, 11) is 0. The lowest BCUT2D eigenvalue weighted by Crippen LogP contribution is -1.92. The number of aromatic hydroxyl groups is 1. The largest absolute Gasteiger partial charge is 0.507 e. The normalized spacial score (nSPS) is 11.0. The number of fused-ring (bicyclic) bond motifs is 1. The maximum Gasteiger partial charge on any atom is 0.325 e. The summed E-state index contributed by atoms with van der Waals surface area (Å²) in [6.07, 6.45) is 4.88. The van der Waals surface area contributed by atoms with Gasteiger partial charge in [0.25, 0.3) is 5.71 Å². The first kappa shape index (κ1) is 16.0. The van der Waals surface area contributed by atoms with Gasteiger partial charge in [-0.3, -0.25) is 4.98 Å². The molecule has 26 heavy (non-hydrogen) atoms. The second-order valence-electron chi connectivity index (χ2n) is 6.12. The average molecular weight is 348 g/mol. The Balaban J connectivity index is 1.70. The highest BCUT2D eigenvalue weighted by atomic mass is 16.5. The number of nitrogens with zero attached hydrogens (tertiary/aromatic N) is 4. The van der Waals surface area contributed by atoms with E-state index in [4.69, 9.17) is 9.15 Å². The number of oxazole rings is 1. The van der Waals surface area contributed by atoms with E-state index >= 15 is 0 Å². The molecule has 0 saturated carbocycles. The van der Waals surface area contributed by atoms with Crippen LogP contribution in [-0.4, -0.2) is 25.0 Å². The molecular formula is C19H16N4O3. The van der Waals surface area contributed by atoms with E-state index in [2.05, 4.69) is 19.9 Å². The van der Waals surface area contributed by atoms with Gasteiger partial charge in [0.15, 0.2) is 0 Å². The molecule has 1 N–H and O–H groups in total. The Hall–Kier alpha value is -3.48. The zero-order valence-corrected chi connectivity index (χ0v) is 14.5. The van der Waals surface area contributed by atoms with Crippen LogP contribution in [0.4, 0.5) is 0 Å². The minimum absolute atomic E-state index is 0.158. The lowest BCUT2D eigenvalue weighted by atomic mass is 10.1. The molecule has 3 heterocycles. The second kappa shape index (κ2) is 6.11. The van der Waals surface area contributed by atoms with Crippen molar-refractivity contribution >= 4 is 11.2 Å². The summed E-state index contributed by atoms with van der Waals surface area (Å²) in [5.41, 5.74) is 4.10. The molecule has 0 amide bonds. The first-order chi connectivity index (χ1) is 12.5. The molecule has 7 nitrogen and oxygen atoms in total. The first-order valence-corrected chi connectivity index (χ1v) is 8.03. The predicted molar refractivity (Wildman–Crippen MR) is 95.2 cm³/mol. The van der Waals surface area contributed by atoms with E-state index in [0.717, 1.165) is 22.3 Å². The monoisotopic (exact) mass is 348 g/mol. The molecule has 0 aliphatic heterocycles. The van der Waals surface area contributed by atoms with Crippen molar-refractivity contribution in [3.8, 4) is 29.0 Å². The van der Waals surface area contributed by atoms with Crippen molar-refractivity contribution in [2.24, 2.45) is 0 Å². The molecular weight excluding hydrogens is 332 g/mol. The first-order valence-electron chi connectivity index (χ1n) is 8.03. The van der Waals surface area contributed by atoms with Gasteiger partial charge in [0, 0.05) is 11.8 Å². The minimum Gasteiger partial charge on any atom is -0.507 e. The number of phenolic OH excluding ortho intramolecular Hbond substituents is 1. The van der Waals surface area contributed by atoms with Crippen LogP contribution in [0, 0.1) is 20.8 Å². The Labute approximate surface area is 149 Å². The van der Waals surface area contributed by atoms with Gasteiger partial charge in [-0.05, 0) is 55.7 Å². The smallest absolute Gasteiger partial charge is 0.325 e. The fourth-order valence-corrected chi connectivity index (χ4v) is 2.66. The Morgan fingerprint density at radius 3 is 2.46 bits per heavy atom. The number of aromatic nitrogens is 4. The average Bonchev–Trinajstić information content (AvgIpc) is 3.02. The van der Waals surface area contributed by atoms with Crippen LogP contribution in [0.1, 0.15) is 16.7 Å². The Kier molecular flexibility index (Phi) is 3.76. The molecule has 7 heteroatoms. The summed E-state index contributed by atoms with van der Waals surface area (Å²) in [4.78, 5) is 16.9. The molecule has 0 radical (unpaired) electrons. The van der Waals surface area contributed by atoms with E-state index in [1.165, 1.54) is 0 Å². The number of rotatable bonds is 3. The van der Waals surface area contributed by atoms with Crippen molar-refractivity contribution in [1.29, 1.82) is 0 Å². The topological polar surface area (TPSA) is 94.2 Å². The number of hydrogen-bond donors (Lipinski definition) is 1. The van der Waals surface area contributed by atoms with Crippen molar-refractivity contribution < 1.29 is 14.3 Å². The molecule has 130 valence electrons. The van der Waals surface area contributed by atoms with E-state index < -0.39 is 0 Å². The minimum atomic E-state index is 0.158. The summed E-state index contributed by atoms with van der Waals surface area (Å²) in [5.74, 6) is 1.23. The van der Waals surface area contributed by atoms with Crippen molar-refractivity contribution in [2.75, 3.05) is 0 Å². The van der Waals surface area contributed by atoms with Crippen LogP contribution in [-0.2, 0) is 0 Å². The summed E-state index contributed by atoms with van der Waals surface area (Å²) in [5, 5.41) is 9.92. The van der Waals surface area contributed by atoms with Crippen LogP contribution < -0.4 is 4.74 Å². The van der Waals surface area contributed by atoms with Gasteiger partial charge in [-0.15, -0.1) is 0 Å². The van der Waals surface area contributed by atoms with Crippen molar-refractivity contribution in [1.82, 2.24) is 19.9 Å². The standard InChI is InChI=1S/C19H16N4O3/c1-10-4-14(8-20-7-10)25-19-21-9-15-18(23-19)26-17(22-15)13-5-11(2)16(24)12(3)6-13/h4-9,24H,1-3H3. The third-order valence-corrected chi connectivity index (χ3v) is 3.93. The summed E-state index contributed by atoms with van der Waals surface area (Å²) >= 11 is 0. The summed E-state index contributed by atoms with van der Waals surface area (Å²) in [6, 6.07) is 5.63. The Morgan fingerprint density at radius 1 is 0.962 bits per heavy atom. The van der Waals surface area contributed by atoms with E-state index in [9.17, 15) is 5.11 Å². The third-order valence-electron chi connectivity index (χ3n) is 3.93.